The molecule has 0 fully saturated rings. The maximum atomic E-state index is 4.43. The lowest BCUT2D eigenvalue weighted by molar-refractivity contribution is 0.931. The fourth-order valence-electron chi connectivity index (χ4n) is 1.41. The van der Waals surface area contributed by atoms with E-state index in [4.69, 9.17) is 0 Å². The quantitative estimate of drug-likeness (QED) is 0.499. The SMILES string of the molecule is CCc1nc(Br)cc(Nc2ccc(Br)c(I)c2)n1. The number of nitrogens with zero attached hydrogens (tertiary/aromatic N) is 2. The summed E-state index contributed by atoms with van der Waals surface area (Å²) in [7, 11) is 0. The fraction of sp³-hybridized carbons (Fsp3) is 0.167. The third kappa shape index (κ3) is 3.64. The van der Waals surface area contributed by atoms with Gasteiger partial charge in [0.2, 0.25) is 0 Å². The predicted octanol–water partition coefficient (Wildman–Crippen LogP) is 4.91. The van der Waals surface area contributed by atoms with Crippen LogP contribution in [-0.4, -0.2) is 9.97 Å². The van der Waals surface area contributed by atoms with Crippen LogP contribution in [0.15, 0.2) is 33.3 Å². The van der Waals surface area contributed by atoms with Gasteiger partial charge in [0, 0.05) is 26.2 Å². The lowest BCUT2D eigenvalue weighted by Crippen LogP contribution is -1.99. The number of hydrogen-bond acceptors (Lipinski definition) is 3. The molecule has 1 N–H and O–H groups in total. The number of nitrogens with one attached hydrogen (secondary N) is 1. The highest BCUT2D eigenvalue weighted by Crippen LogP contribution is 2.25. The molecule has 0 unspecified atom stereocenters. The zero-order valence-corrected chi connectivity index (χ0v) is 14.9. The van der Waals surface area contributed by atoms with Crippen molar-refractivity contribution in [2.75, 3.05) is 5.32 Å². The summed E-state index contributed by atoms with van der Waals surface area (Å²) in [6, 6.07) is 7.95. The first-order chi connectivity index (χ1) is 8.58. The molecule has 94 valence electrons. The maximum absolute atomic E-state index is 4.43. The molecule has 0 aliphatic heterocycles. The topological polar surface area (TPSA) is 37.8 Å². The summed E-state index contributed by atoms with van der Waals surface area (Å²) in [6.07, 6.45) is 0.812. The molecule has 0 atom stereocenters. The Bertz CT molecular complexity index is 575. The first-order valence-electron chi connectivity index (χ1n) is 5.34. The van der Waals surface area contributed by atoms with Gasteiger partial charge in [-0.05, 0) is 72.6 Å². The van der Waals surface area contributed by atoms with E-state index in [2.05, 4.69) is 75.8 Å². The number of benzene rings is 1. The predicted molar refractivity (Wildman–Crippen MR) is 89.3 cm³/mol. The molecule has 0 aliphatic carbocycles. The van der Waals surface area contributed by atoms with Crippen LogP contribution in [-0.2, 0) is 6.42 Å². The Morgan fingerprint density at radius 3 is 2.67 bits per heavy atom. The van der Waals surface area contributed by atoms with Gasteiger partial charge in [0.05, 0.1) is 0 Å². The van der Waals surface area contributed by atoms with Crippen LogP contribution in [0, 0.1) is 3.57 Å². The minimum atomic E-state index is 0.795. The summed E-state index contributed by atoms with van der Waals surface area (Å²) in [5, 5.41) is 3.28. The van der Waals surface area contributed by atoms with Crippen LogP contribution in [0.2, 0.25) is 0 Å². The van der Waals surface area contributed by atoms with Crippen molar-refractivity contribution >= 4 is 66.0 Å². The smallest absolute Gasteiger partial charge is 0.135 e. The van der Waals surface area contributed by atoms with Crippen molar-refractivity contribution in [2.24, 2.45) is 0 Å². The van der Waals surface area contributed by atoms with Crippen molar-refractivity contribution in [3.05, 3.63) is 42.7 Å². The van der Waals surface area contributed by atoms with E-state index in [0.29, 0.717) is 0 Å². The molecule has 2 rings (SSSR count). The monoisotopic (exact) mass is 481 g/mol. The average Bonchev–Trinajstić information content (AvgIpc) is 2.33. The van der Waals surface area contributed by atoms with E-state index in [1.165, 1.54) is 0 Å². The number of aryl methyl sites for hydroxylation is 1. The third-order valence-electron chi connectivity index (χ3n) is 2.25. The number of rotatable bonds is 3. The number of halogens is 3. The molecule has 0 saturated heterocycles. The van der Waals surface area contributed by atoms with E-state index in [9.17, 15) is 0 Å². The van der Waals surface area contributed by atoms with E-state index < -0.39 is 0 Å². The number of anilines is 2. The Morgan fingerprint density at radius 1 is 1.22 bits per heavy atom. The first kappa shape index (κ1) is 14.2. The second kappa shape index (κ2) is 6.29. The lowest BCUT2D eigenvalue weighted by Gasteiger charge is -2.08. The summed E-state index contributed by atoms with van der Waals surface area (Å²) < 4.78 is 3.04. The maximum Gasteiger partial charge on any atom is 0.135 e. The van der Waals surface area contributed by atoms with Crippen molar-refractivity contribution in [1.29, 1.82) is 0 Å². The van der Waals surface area contributed by atoms with Crippen molar-refractivity contribution in [3.8, 4) is 0 Å². The van der Waals surface area contributed by atoms with Crippen molar-refractivity contribution < 1.29 is 0 Å². The van der Waals surface area contributed by atoms with Gasteiger partial charge < -0.3 is 5.32 Å². The van der Waals surface area contributed by atoms with Gasteiger partial charge in [-0.25, -0.2) is 9.97 Å². The standard InChI is InChI=1S/C12H10Br2IN3/c1-2-11-17-10(14)6-12(18-11)16-7-3-4-8(13)9(15)5-7/h3-6H,2H2,1H3,(H,16,17,18). The van der Waals surface area contributed by atoms with E-state index in [1.807, 2.05) is 25.1 Å². The molecule has 6 heteroatoms. The Hall–Kier alpha value is -0.210. The van der Waals surface area contributed by atoms with E-state index in [0.717, 1.165) is 36.4 Å². The molecule has 2 aromatic rings. The van der Waals surface area contributed by atoms with Crippen LogP contribution >= 0.6 is 54.5 Å². The van der Waals surface area contributed by atoms with Crippen LogP contribution in [0.25, 0.3) is 0 Å². The lowest BCUT2D eigenvalue weighted by atomic mass is 10.3. The summed E-state index contributed by atoms with van der Waals surface area (Å²) in [4.78, 5) is 8.72. The summed E-state index contributed by atoms with van der Waals surface area (Å²) in [5.41, 5.74) is 1.01. The molecule has 1 heterocycles. The highest BCUT2D eigenvalue weighted by atomic mass is 127. The molecule has 0 bridgehead atoms. The molecule has 1 aromatic heterocycles. The minimum Gasteiger partial charge on any atom is -0.340 e. The van der Waals surface area contributed by atoms with Gasteiger partial charge >= 0.3 is 0 Å². The molecule has 3 nitrogen and oxygen atoms in total. The van der Waals surface area contributed by atoms with Gasteiger partial charge in [0.1, 0.15) is 16.2 Å². The molecule has 18 heavy (non-hydrogen) atoms. The molecule has 0 aliphatic rings. The molecule has 0 radical (unpaired) electrons. The molecule has 0 amide bonds. The fourth-order valence-corrected chi connectivity index (χ4v) is 2.59. The molecule has 0 spiro atoms. The zero-order chi connectivity index (χ0) is 13.1. The molecule has 0 saturated carbocycles. The van der Waals surface area contributed by atoms with Gasteiger partial charge in [-0.15, -0.1) is 0 Å². The van der Waals surface area contributed by atoms with Gasteiger partial charge in [-0.3, -0.25) is 0 Å². The van der Waals surface area contributed by atoms with Crippen LogP contribution in [0.5, 0.6) is 0 Å². The Kier molecular flexibility index (Phi) is 4.97. The number of hydrogen-bond donors (Lipinski definition) is 1. The molecular formula is C12H10Br2IN3. The van der Waals surface area contributed by atoms with Crippen LogP contribution in [0.3, 0.4) is 0 Å². The zero-order valence-electron chi connectivity index (χ0n) is 9.54. The average molecular weight is 483 g/mol. The van der Waals surface area contributed by atoms with Gasteiger partial charge in [0.15, 0.2) is 0 Å². The van der Waals surface area contributed by atoms with Gasteiger partial charge in [-0.1, -0.05) is 6.92 Å². The number of aromatic nitrogens is 2. The summed E-state index contributed by atoms with van der Waals surface area (Å²) in [6.45, 7) is 2.04. The van der Waals surface area contributed by atoms with Crippen LogP contribution in [0.1, 0.15) is 12.7 Å². The second-order valence-corrected chi connectivity index (χ2v) is 6.43. The van der Waals surface area contributed by atoms with E-state index >= 15 is 0 Å². The van der Waals surface area contributed by atoms with E-state index in [-0.39, 0.29) is 0 Å². The summed E-state index contributed by atoms with van der Waals surface area (Å²) in [5.74, 6) is 1.62. The Morgan fingerprint density at radius 2 is 2.00 bits per heavy atom. The largest absolute Gasteiger partial charge is 0.340 e. The van der Waals surface area contributed by atoms with Crippen LogP contribution < -0.4 is 5.32 Å². The normalized spacial score (nSPS) is 10.4. The molecular weight excluding hydrogens is 473 g/mol. The Balaban J connectivity index is 2.27. The molecule has 1 aromatic carbocycles. The second-order valence-electron chi connectivity index (χ2n) is 3.60. The highest BCUT2D eigenvalue weighted by Gasteiger charge is 2.03. The van der Waals surface area contributed by atoms with Crippen molar-refractivity contribution in [1.82, 2.24) is 9.97 Å². The van der Waals surface area contributed by atoms with Crippen LogP contribution in [0.4, 0.5) is 11.5 Å². The highest BCUT2D eigenvalue weighted by molar-refractivity contribution is 14.1. The minimum absolute atomic E-state index is 0.795. The summed E-state index contributed by atoms with van der Waals surface area (Å²) >= 11 is 9.16. The van der Waals surface area contributed by atoms with E-state index in [1.54, 1.807) is 0 Å². The third-order valence-corrected chi connectivity index (χ3v) is 4.98. The van der Waals surface area contributed by atoms with Gasteiger partial charge in [-0.2, -0.15) is 0 Å². The Labute approximate surface area is 136 Å². The van der Waals surface area contributed by atoms with Crippen molar-refractivity contribution in [2.45, 2.75) is 13.3 Å². The first-order valence-corrected chi connectivity index (χ1v) is 8.00. The van der Waals surface area contributed by atoms with Crippen molar-refractivity contribution in [3.63, 3.8) is 0 Å². The van der Waals surface area contributed by atoms with Gasteiger partial charge in [0.25, 0.3) is 0 Å².